The summed E-state index contributed by atoms with van der Waals surface area (Å²) < 4.78 is 0. The quantitative estimate of drug-likeness (QED) is 0.838. The summed E-state index contributed by atoms with van der Waals surface area (Å²) in [6.45, 7) is 8.28. The Hall–Kier alpha value is -1.35. The van der Waals surface area contributed by atoms with Gasteiger partial charge in [0.15, 0.2) is 0 Å². The van der Waals surface area contributed by atoms with E-state index in [1.165, 1.54) is 11.1 Å². The van der Waals surface area contributed by atoms with Crippen molar-refractivity contribution in [3.8, 4) is 0 Å². The van der Waals surface area contributed by atoms with Gasteiger partial charge in [0, 0.05) is 17.6 Å². The van der Waals surface area contributed by atoms with E-state index >= 15 is 0 Å². The first-order chi connectivity index (χ1) is 8.99. The number of amides is 1. The molecule has 102 valence electrons. The van der Waals surface area contributed by atoms with Crippen LogP contribution < -0.4 is 10.2 Å². The standard InChI is InChI=1S/C16H22N2O/c1-11-6-7-12-14(9-11)18(10-16(12,2)3)15(19)13-5-4-8-17-13/h6-7,9,13,17H,4-5,8,10H2,1-3H3. The maximum atomic E-state index is 12.7. The number of rotatable bonds is 1. The van der Waals surface area contributed by atoms with Crippen LogP contribution in [0.15, 0.2) is 18.2 Å². The van der Waals surface area contributed by atoms with Gasteiger partial charge in [0.05, 0.1) is 6.04 Å². The highest BCUT2D eigenvalue weighted by molar-refractivity contribution is 6.00. The minimum Gasteiger partial charge on any atom is -0.310 e. The van der Waals surface area contributed by atoms with Crippen LogP contribution in [0.4, 0.5) is 5.69 Å². The fourth-order valence-corrected chi connectivity index (χ4v) is 3.28. The number of hydrogen-bond donors (Lipinski definition) is 1. The molecule has 19 heavy (non-hydrogen) atoms. The van der Waals surface area contributed by atoms with Gasteiger partial charge in [0.2, 0.25) is 5.91 Å². The Morgan fingerprint density at radius 1 is 1.42 bits per heavy atom. The first kappa shape index (κ1) is 12.7. The molecule has 0 bridgehead atoms. The van der Waals surface area contributed by atoms with Crippen LogP contribution in [-0.4, -0.2) is 25.0 Å². The van der Waals surface area contributed by atoms with Crippen LogP contribution in [-0.2, 0) is 10.2 Å². The van der Waals surface area contributed by atoms with Gasteiger partial charge in [-0.15, -0.1) is 0 Å². The van der Waals surface area contributed by atoms with Gasteiger partial charge in [-0.3, -0.25) is 4.79 Å². The van der Waals surface area contributed by atoms with E-state index in [2.05, 4.69) is 44.3 Å². The van der Waals surface area contributed by atoms with Gasteiger partial charge in [0.25, 0.3) is 0 Å². The summed E-state index contributed by atoms with van der Waals surface area (Å²) in [6, 6.07) is 6.49. The lowest BCUT2D eigenvalue weighted by Gasteiger charge is -2.23. The van der Waals surface area contributed by atoms with Crippen molar-refractivity contribution in [1.82, 2.24) is 5.32 Å². The Morgan fingerprint density at radius 2 is 2.21 bits per heavy atom. The molecule has 0 aromatic heterocycles. The lowest BCUT2D eigenvalue weighted by molar-refractivity contribution is -0.120. The highest BCUT2D eigenvalue weighted by Gasteiger charge is 2.40. The van der Waals surface area contributed by atoms with Crippen molar-refractivity contribution >= 4 is 11.6 Å². The molecule has 1 aromatic carbocycles. The minimum atomic E-state index is 0.0160. The second-order valence-electron chi connectivity index (χ2n) is 6.48. The lowest BCUT2D eigenvalue weighted by Crippen LogP contribution is -2.44. The van der Waals surface area contributed by atoms with Crippen molar-refractivity contribution < 1.29 is 4.79 Å². The molecule has 2 aliphatic rings. The molecule has 1 saturated heterocycles. The smallest absolute Gasteiger partial charge is 0.244 e. The van der Waals surface area contributed by atoms with E-state index in [4.69, 9.17) is 0 Å². The predicted octanol–water partition coefficient (Wildman–Crippen LogP) is 2.37. The molecule has 1 atom stereocenters. The van der Waals surface area contributed by atoms with Crippen molar-refractivity contribution in [3.63, 3.8) is 0 Å². The van der Waals surface area contributed by atoms with Crippen LogP contribution in [0.2, 0.25) is 0 Å². The van der Waals surface area contributed by atoms with Gasteiger partial charge in [-0.2, -0.15) is 0 Å². The molecule has 0 spiro atoms. The van der Waals surface area contributed by atoms with Crippen LogP contribution in [0.25, 0.3) is 0 Å². The fourth-order valence-electron chi connectivity index (χ4n) is 3.28. The third kappa shape index (κ3) is 2.06. The van der Waals surface area contributed by atoms with E-state index in [0.717, 1.165) is 31.6 Å². The molecular formula is C16H22N2O. The molecule has 3 heteroatoms. The lowest BCUT2D eigenvalue weighted by atomic mass is 9.87. The summed E-state index contributed by atoms with van der Waals surface area (Å²) in [5.41, 5.74) is 3.68. The van der Waals surface area contributed by atoms with Crippen molar-refractivity contribution in [3.05, 3.63) is 29.3 Å². The molecule has 2 aliphatic heterocycles. The maximum absolute atomic E-state index is 12.7. The predicted molar refractivity (Wildman–Crippen MR) is 77.6 cm³/mol. The van der Waals surface area contributed by atoms with Gasteiger partial charge >= 0.3 is 0 Å². The third-order valence-electron chi connectivity index (χ3n) is 4.35. The minimum absolute atomic E-state index is 0.0160. The molecule has 0 saturated carbocycles. The number of hydrogen-bond acceptors (Lipinski definition) is 2. The first-order valence-electron chi connectivity index (χ1n) is 7.15. The summed E-state index contributed by atoms with van der Waals surface area (Å²) in [7, 11) is 0. The van der Waals surface area contributed by atoms with Gasteiger partial charge in [-0.1, -0.05) is 26.0 Å². The van der Waals surface area contributed by atoms with Crippen LogP contribution >= 0.6 is 0 Å². The second kappa shape index (κ2) is 4.34. The average Bonchev–Trinajstić information content (AvgIpc) is 2.95. The number of aryl methyl sites for hydroxylation is 1. The number of nitrogens with zero attached hydrogens (tertiary/aromatic N) is 1. The Morgan fingerprint density at radius 3 is 2.89 bits per heavy atom. The Kier molecular flexibility index (Phi) is 2.90. The fraction of sp³-hybridized carbons (Fsp3) is 0.562. The number of benzene rings is 1. The van der Waals surface area contributed by atoms with E-state index in [0.29, 0.717) is 0 Å². The molecule has 1 fully saturated rings. The normalized spacial score (nSPS) is 24.6. The van der Waals surface area contributed by atoms with Gasteiger partial charge in [-0.25, -0.2) is 0 Å². The Labute approximate surface area is 115 Å². The molecule has 3 nitrogen and oxygen atoms in total. The first-order valence-corrected chi connectivity index (χ1v) is 7.15. The van der Waals surface area contributed by atoms with E-state index in [-0.39, 0.29) is 17.4 Å². The summed E-state index contributed by atoms with van der Waals surface area (Å²) in [4.78, 5) is 14.7. The zero-order chi connectivity index (χ0) is 13.6. The Balaban J connectivity index is 1.97. The highest BCUT2D eigenvalue weighted by atomic mass is 16.2. The number of anilines is 1. The van der Waals surface area contributed by atoms with Crippen LogP contribution in [0, 0.1) is 6.92 Å². The van der Waals surface area contributed by atoms with Crippen molar-refractivity contribution in [2.75, 3.05) is 18.0 Å². The second-order valence-corrected chi connectivity index (χ2v) is 6.48. The third-order valence-corrected chi connectivity index (χ3v) is 4.35. The topological polar surface area (TPSA) is 32.3 Å². The van der Waals surface area contributed by atoms with E-state index < -0.39 is 0 Å². The van der Waals surface area contributed by atoms with Crippen LogP contribution in [0.1, 0.15) is 37.8 Å². The van der Waals surface area contributed by atoms with Crippen LogP contribution in [0.3, 0.4) is 0 Å². The van der Waals surface area contributed by atoms with Gasteiger partial charge in [-0.05, 0) is 43.5 Å². The van der Waals surface area contributed by atoms with Gasteiger partial charge in [0.1, 0.15) is 0 Å². The highest BCUT2D eigenvalue weighted by Crippen LogP contribution is 2.41. The SMILES string of the molecule is Cc1ccc2c(c1)N(C(=O)C1CCCN1)CC2(C)C. The van der Waals surface area contributed by atoms with Gasteiger partial charge < -0.3 is 10.2 Å². The molecular weight excluding hydrogens is 236 g/mol. The van der Waals surface area contributed by atoms with E-state index in [1.807, 2.05) is 4.90 Å². The molecule has 2 heterocycles. The molecule has 1 unspecified atom stereocenters. The summed E-state index contributed by atoms with van der Waals surface area (Å²) in [6.07, 6.45) is 2.07. The summed E-state index contributed by atoms with van der Waals surface area (Å²) in [5.74, 6) is 0.245. The summed E-state index contributed by atoms with van der Waals surface area (Å²) in [5, 5.41) is 3.31. The monoisotopic (exact) mass is 258 g/mol. The van der Waals surface area contributed by atoms with E-state index in [9.17, 15) is 4.79 Å². The molecule has 1 N–H and O–H groups in total. The van der Waals surface area contributed by atoms with Crippen molar-refractivity contribution in [2.24, 2.45) is 0 Å². The molecule has 0 radical (unpaired) electrons. The van der Waals surface area contributed by atoms with Crippen LogP contribution in [0.5, 0.6) is 0 Å². The number of fused-ring (bicyclic) bond motifs is 1. The largest absolute Gasteiger partial charge is 0.310 e. The van der Waals surface area contributed by atoms with Crippen molar-refractivity contribution in [1.29, 1.82) is 0 Å². The number of nitrogens with one attached hydrogen (secondary N) is 1. The molecule has 3 rings (SSSR count). The average molecular weight is 258 g/mol. The number of carbonyl (C=O) groups excluding carboxylic acids is 1. The summed E-state index contributed by atoms with van der Waals surface area (Å²) >= 11 is 0. The number of carbonyl (C=O) groups is 1. The zero-order valence-electron chi connectivity index (χ0n) is 12.0. The zero-order valence-corrected chi connectivity index (χ0v) is 12.0. The molecule has 1 amide bonds. The Bertz CT molecular complexity index is 515. The molecule has 1 aromatic rings. The maximum Gasteiger partial charge on any atom is 0.244 e. The van der Waals surface area contributed by atoms with Crippen molar-refractivity contribution in [2.45, 2.75) is 45.1 Å². The van der Waals surface area contributed by atoms with E-state index in [1.54, 1.807) is 0 Å². The molecule has 0 aliphatic carbocycles.